The molecule has 0 amide bonds. The number of nitrogens with two attached hydrogens (primary N) is 1. The molecule has 1 aromatic carbocycles. The molecule has 0 fully saturated rings. The van der Waals surface area contributed by atoms with Crippen LogP contribution >= 0.6 is 0 Å². The molecule has 0 saturated heterocycles. The second-order valence-corrected chi connectivity index (χ2v) is 11.9. The smallest absolute Gasteiger partial charge is 0.191 e. The predicted octanol–water partition coefficient (Wildman–Crippen LogP) is 4.47. The Kier molecular flexibility index (Phi) is 5.22. The molecular weight excluding hydrogens is 250 g/mol. The van der Waals surface area contributed by atoms with Gasteiger partial charge in [0.15, 0.2) is 8.32 Å². The third-order valence-corrected chi connectivity index (χ3v) is 8.60. The Morgan fingerprint density at radius 1 is 1.16 bits per heavy atom. The van der Waals surface area contributed by atoms with Crippen molar-refractivity contribution >= 4 is 14.0 Å². The quantitative estimate of drug-likeness (QED) is 0.637. The molecule has 0 radical (unpaired) electrons. The third kappa shape index (κ3) is 5.00. The minimum atomic E-state index is -1.61. The molecule has 0 spiro atoms. The molecule has 0 unspecified atom stereocenters. The van der Waals surface area contributed by atoms with E-state index in [1.54, 1.807) is 0 Å². The Morgan fingerprint density at radius 3 is 2.16 bits per heavy atom. The molecule has 0 heterocycles. The standard InChI is InChI=1S/C16H29NOSi/c1-13(11-14-7-9-15(17)10-8-14)12-18-19(5,6)16(2,3)4/h7-10,13H,11-12,17H2,1-6H3/t13-/m0/s1. The average Bonchev–Trinajstić information content (AvgIpc) is 2.28. The summed E-state index contributed by atoms with van der Waals surface area (Å²) in [6.45, 7) is 14.6. The van der Waals surface area contributed by atoms with Crippen LogP contribution in [0, 0.1) is 5.92 Å². The molecular formula is C16H29NOSi. The van der Waals surface area contributed by atoms with Crippen LogP contribution in [0.15, 0.2) is 24.3 Å². The monoisotopic (exact) mass is 279 g/mol. The summed E-state index contributed by atoms with van der Waals surface area (Å²) in [5.74, 6) is 0.540. The summed E-state index contributed by atoms with van der Waals surface area (Å²) < 4.78 is 6.27. The van der Waals surface area contributed by atoms with Crippen LogP contribution in [0.3, 0.4) is 0 Å². The van der Waals surface area contributed by atoms with Crippen molar-refractivity contribution in [2.45, 2.75) is 52.2 Å². The summed E-state index contributed by atoms with van der Waals surface area (Å²) in [5.41, 5.74) is 7.86. The maximum absolute atomic E-state index is 6.27. The lowest BCUT2D eigenvalue weighted by Crippen LogP contribution is -2.41. The minimum Gasteiger partial charge on any atom is -0.417 e. The van der Waals surface area contributed by atoms with Crippen LogP contribution in [0.2, 0.25) is 18.1 Å². The van der Waals surface area contributed by atoms with Crippen LogP contribution in [0.25, 0.3) is 0 Å². The van der Waals surface area contributed by atoms with E-state index in [2.05, 4.69) is 52.9 Å². The SMILES string of the molecule is C[C@H](CO[Si](C)(C)C(C)(C)C)Cc1ccc(N)cc1. The largest absolute Gasteiger partial charge is 0.417 e. The number of hydrogen-bond acceptors (Lipinski definition) is 2. The Labute approximate surface area is 119 Å². The van der Waals surface area contributed by atoms with Gasteiger partial charge in [-0.1, -0.05) is 39.8 Å². The van der Waals surface area contributed by atoms with Crippen molar-refractivity contribution in [2.75, 3.05) is 12.3 Å². The van der Waals surface area contributed by atoms with Crippen LogP contribution in [0.4, 0.5) is 5.69 Å². The topological polar surface area (TPSA) is 35.2 Å². The number of anilines is 1. The summed E-state index contributed by atoms with van der Waals surface area (Å²) in [6, 6.07) is 8.16. The highest BCUT2D eigenvalue weighted by atomic mass is 28.4. The van der Waals surface area contributed by atoms with E-state index in [9.17, 15) is 0 Å². The van der Waals surface area contributed by atoms with Gasteiger partial charge in [0.2, 0.25) is 0 Å². The van der Waals surface area contributed by atoms with Gasteiger partial charge in [-0.25, -0.2) is 0 Å². The molecule has 0 saturated carbocycles. The second-order valence-electron chi connectivity index (χ2n) is 7.12. The first kappa shape index (κ1) is 16.3. The molecule has 2 N–H and O–H groups in total. The average molecular weight is 279 g/mol. The maximum atomic E-state index is 6.27. The first-order chi connectivity index (χ1) is 8.62. The zero-order valence-electron chi connectivity index (χ0n) is 13.3. The van der Waals surface area contributed by atoms with E-state index < -0.39 is 8.32 Å². The fourth-order valence-corrected chi connectivity index (χ4v) is 2.82. The van der Waals surface area contributed by atoms with Crippen molar-refractivity contribution in [1.29, 1.82) is 0 Å². The zero-order valence-corrected chi connectivity index (χ0v) is 14.3. The first-order valence-electron chi connectivity index (χ1n) is 7.10. The second kappa shape index (κ2) is 6.10. The fourth-order valence-electron chi connectivity index (χ4n) is 1.68. The number of benzene rings is 1. The van der Waals surface area contributed by atoms with E-state index in [0.29, 0.717) is 5.92 Å². The van der Waals surface area contributed by atoms with Crippen LogP contribution in [-0.4, -0.2) is 14.9 Å². The van der Waals surface area contributed by atoms with Crippen LogP contribution < -0.4 is 5.73 Å². The van der Waals surface area contributed by atoms with Crippen molar-refractivity contribution in [3.8, 4) is 0 Å². The van der Waals surface area contributed by atoms with Gasteiger partial charge in [0.25, 0.3) is 0 Å². The van der Waals surface area contributed by atoms with E-state index in [1.807, 2.05) is 12.1 Å². The maximum Gasteiger partial charge on any atom is 0.191 e. The first-order valence-corrected chi connectivity index (χ1v) is 10.0. The van der Waals surface area contributed by atoms with Gasteiger partial charge in [-0.3, -0.25) is 0 Å². The summed E-state index contributed by atoms with van der Waals surface area (Å²) in [5, 5.41) is 0.286. The molecule has 3 heteroatoms. The molecule has 108 valence electrons. The molecule has 1 rings (SSSR count). The van der Waals surface area contributed by atoms with Gasteiger partial charge in [-0.05, 0) is 48.2 Å². The van der Waals surface area contributed by atoms with Gasteiger partial charge in [0.05, 0.1) is 0 Å². The van der Waals surface area contributed by atoms with E-state index in [1.165, 1.54) is 5.56 Å². The molecule has 0 aliphatic rings. The highest BCUT2D eigenvalue weighted by molar-refractivity contribution is 6.74. The minimum absolute atomic E-state index is 0.286. The van der Waals surface area contributed by atoms with Crippen molar-refractivity contribution in [2.24, 2.45) is 5.92 Å². The lowest BCUT2D eigenvalue weighted by molar-refractivity contribution is 0.237. The zero-order chi connectivity index (χ0) is 14.7. The Morgan fingerprint density at radius 2 is 1.68 bits per heavy atom. The van der Waals surface area contributed by atoms with Gasteiger partial charge < -0.3 is 10.2 Å². The Bertz CT molecular complexity index is 392. The van der Waals surface area contributed by atoms with Crippen LogP contribution in [0.1, 0.15) is 33.3 Å². The van der Waals surface area contributed by atoms with Crippen LogP contribution in [0.5, 0.6) is 0 Å². The highest BCUT2D eigenvalue weighted by Crippen LogP contribution is 2.36. The molecule has 0 aliphatic heterocycles. The van der Waals surface area contributed by atoms with Crippen molar-refractivity contribution in [3.05, 3.63) is 29.8 Å². The number of rotatable bonds is 5. The summed E-state index contributed by atoms with van der Waals surface area (Å²) in [6.07, 6.45) is 1.05. The van der Waals surface area contributed by atoms with E-state index in [-0.39, 0.29) is 5.04 Å². The van der Waals surface area contributed by atoms with Gasteiger partial charge in [-0.2, -0.15) is 0 Å². The summed E-state index contributed by atoms with van der Waals surface area (Å²) in [4.78, 5) is 0. The normalized spacial score (nSPS) is 14.4. The molecule has 2 nitrogen and oxygen atoms in total. The predicted molar refractivity (Wildman–Crippen MR) is 86.9 cm³/mol. The van der Waals surface area contributed by atoms with Gasteiger partial charge >= 0.3 is 0 Å². The molecule has 19 heavy (non-hydrogen) atoms. The highest BCUT2D eigenvalue weighted by Gasteiger charge is 2.37. The molecule has 1 aromatic rings. The molecule has 0 bridgehead atoms. The Balaban J connectivity index is 2.48. The van der Waals surface area contributed by atoms with Crippen molar-refractivity contribution < 1.29 is 4.43 Å². The number of nitrogen functional groups attached to an aromatic ring is 1. The van der Waals surface area contributed by atoms with Gasteiger partial charge in [0, 0.05) is 12.3 Å². The van der Waals surface area contributed by atoms with Crippen molar-refractivity contribution in [1.82, 2.24) is 0 Å². The third-order valence-electron chi connectivity index (χ3n) is 4.10. The lowest BCUT2D eigenvalue weighted by Gasteiger charge is -2.37. The molecule has 1 atom stereocenters. The molecule has 0 aliphatic carbocycles. The summed E-state index contributed by atoms with van der Waals surface area (Å²) >= 11 is 0. The number of hydrogen-bond donors (Lipinski definition) is 1. The van der Waals surface area contributed by atoms with Gasteiger partial charge in [-0.15, -0.1) is 0 Å². The lowest BCUT2D eigenvalue weighted by atomic mass is 10.0. The fraction of sp³-hybridized carbons (Fsp3) is 0.625. The van der Waals surface area contributed by atoms with Gasteiger partial charge in [0.1, 0.15) is 0 Å². The van der Waals surface area contributed by atoms with Crippen molar-refractivity contribution in [3.63, 3.8) is 0 Å². The Hall–Kier alpha value is -0.803. The summed E-state index contributed by atoms with van der Waals surface area (Å²) in [7, 11) is -1.61. The molecule has 0 aromatic heterocycles. The van der Waals surface area contributed by atoms with E-state index >= 15 is 0 Å². The van der Waals surface area contributed by atoms with E-state index in [4.69, 9.17) is 10.2 Å². The van der Waals surface area contributed by atoms with E-state index in [0.717, 1.165) is 18.7 Å². The van der Waals surface area contributed by atoms with Crippen LogP contribution in [-0.2, 0) is 10.8 Å².